The Labute approximate surface area is 244 Å². The fourth-order valence-electron chi connectivity index (χ4n) is 5.86. The van der Waals surface area contributed by atoms with Crippen LogP contribution in [0.3, 0.4) is 0 Å². The molecule has 3 aliphatic heterocycles. The number of aromatic nitrogens is 3. The lowest BCUT2D eigenvalue weighted by molar-refractivity contribution is -0.135. The molecule has 3 aromatic rings. The highest BCUT2D eigenvalue weighted by molar-refractivity contribution is 5.91. The van der Waals surface area contributed by atoms with E-state index in [-0.39, 0.29) is 43.3 Å². The maximum Gasteiger partial charge on any atom is 0.291 e. The summed E-state index contributed by atoms with van der Waals surface area (Å²) in [6, 6.07) is 15.0. The van der Waals surface area contributed by atoms with E-state index in [1.165, 1.54) is 4.90 Å². The third kappa shape index (κ3) is 6.30. The highest BCUT2D eigenvalue weighted by Gasteiger charge is 2.36. The number of fused-ring (bicyclic) bond motifs is 6. The van der Waals surface area contributed by atoms with Crippen LogP contribution in [0, 0.1) is 0 Å². The Morgan fingerprint density at radius 1 is 0.952 bits per heavy atom. The van der Waals surface area contributed by atoms with Gasteiger partial charge in [-0.2, -0.15) is 0 Å². The molecule has 220 valence electrons. The summed E-state index contributed by atoms with van der Waals surface area (Å²) in [6.07, 6.45) is 3.86. The largest absolute Gasteiger partial charge is 0.457 e. The van der Waals surface area contributed by atoms with Crippen LogP contribution >= 0.6 is 0 Å². The zero-order valence-corrected chi connectivity index (χ0v) is 23.8. The quantitative estimate of drug-likeness (QED) is 0.476. The summed E-state index contributed by atoms with van der Waals surface area (Å²) >= 11 is 0. The van der Waals surface area contributed by atoms with Crippen LogP contribution in [-0.2, 0) is 40.3 Å². The van der Waals surface area contributed by atoms with Crippen molar-refractivity contribution in [3.05, 3.63) is 71.3 Å². The maximum absolute atomic E-state index is 13.5. The van der Waals surface area contributed by atoms with Crippen LogP contribution in [0.5, 0.6) is 11.5 Å². The van der Waals surface area contributed by atoms with Crippen molar-refractivity contribution in [3.63, 3.8) is 0 Å². The summed E-state index contributed by atoms with van der Waals surface area (Å²) in [5.41, 5.74) is 1.91. The molecule has 2 aromatic carbocycles. The molecule has 11 nitrogen and oxygen atoms in total. The van der Waals surface area contributed by atoms with Gasteiger partial charge in [-0.15, -0.1) is 10.2 Å². The van der Waals surface area contributed by atoms with Gasteiger partial charge in [-0.25, -0.2) is 0 Å². The van der Waals surface area contributed by atoms with Crippen LogP contribution in [-0.4, -0.2) is 81.1 Å². The SMILES string of the molecule is CN1CC(=O)N[C@H]2CN(C(=O)c3nnc4n3CCCC4)CC[C@H]2OCc2cccc(c2)Oc2cccc(c2)CCC1=O. The first-order valence-corrected chi connectivity index (χ1v) is 14.6. The first-order chi connectivity index (χ1) is 20.4. The molecule has 0 saturated carbocycles. The first-order valence-electron chi connectivity index (χ1n) is 14.6. The van der Waals surface area contributed by atoms with Crippen molar-refractivity contribution in [1.82, 2.24) is 29.9 Å². The number of hydrogen-bond donors (Lipinski definition) is 1. The number of nitrogens with zero attached hydrogens (tertiary/aromatic N) is 5. The van der Waals surface area contributed by atoms with Crippen molar-refractivity contribution in [2.45, 2.75) is 63.8 Å². The van der Waals surface area contributed by atoms with Gasteiger partial charge in [0.2, 0.25) is 17.6 Å². The van der Waals surface area contributed by atoms with Crippen LogP contribution in [0.4, 0.5) is 0 Å². The van der Waals surface area contributed by atoms with E-state index in [1.807, 2.05) is 53.1 Å². The van der Waals surface area contributed by atoms with Gasteiger partial charge in [-0.1, -0.05) is 24.3 Å². The van der Waals surface area contributed by atoms with E-state index >= 15 is 0 Å². The molecular formula is C31H36N6O5. The topological polar surface area (TPSA) is 119 Å². The summed E-state index contributed by atoms with van der Waals surface area (Å²) in [4.78, 5) is 42.7. The monoisotopic (exact) mass is 572 g/mol. The van der Waals surface area contributed by atoms with E-state index in [4.69, 9.17) is 9.47 Å². The number of amides is 3. The van der Waals surface area contributed by atoms with Gasteiger partial charge in [-0.05, 0) is 61.1 Å². The molecule has 2 atom stereocenters. The van der Waals surface area contributed by atoms with E-state index in [9.17, 15) is 14.4 Å². The lowest BCUT2D eigenvalue weighted by Crippen LogP contribution is -2.58. The standard InChI is InChI=1S/C31H36N6O5/c1-35-19-28(38)32-25-18-36(31(40)30-34-33-27-10-2-3-14-37(27)30)15-13-26(25)41-20-22-7-5-9-24(17-22)42-23-8-4-6-21(16-23)11-12-29(35)39/h4-9,16-17,25-26H,2-3,10-15,18-20H2,1H3,(H,32,38)/t25-,26+/m0/s1. The van der Waals surface area contributed by atoms with Gasteiger partial charge in [0, 0.05) is 39.5 Å². The minimum Gasteiger partial charge on any atom is -0.457 e. The summed E-state index contributed by atoms with van der Waals surface area (Å²) in [5, 5.41) is 11.5. The number of ether oxygens (including phenoxy) is 2. The number of carbonyl (C=O) groups excluding carboxylic acids is 3. The molecule has 0 radical (unpaired) electrons. The third-order valence-electron chi connectivity index (χ3n) is 8.16. The van der Waals surface area contributed by atoms with Gasteiger partial charge in [0.05, 0.1) is 25.3 Å². The molecule has 3 amide bonds. The van der Waals surface area contributed by atoms with Crippen LogP contribution in [0.15, 0.2) is 48.5 Å². The van der Waals surface area contributed by atoms with Gasteiger partial charge >= 0.3 is 0 Å². The van der Waals surface area contributed by atoms with Gasteiger partial charge < -0.3 is 29.2 Å². The van der Waals surface area contributed by atoms with Crippen molar-refractivity contribution in [2.75, 3.05) is 26.7 Å². The van der Waals surface area contributed by atoms with Crippen LogP contribution in [0.2, 0.25) is 0 Å². The Morgan fingerprint density at radius 2 is 1.74 bits per heavy atom. The fourth-order valence-corrected chi connectivity index (χ4v) is 5.86. The minimum atomic E-state index is -0.458. The van der Waals surface area contributed by atoms with Crippen molar-refractivity contribution in [2.24, 2.45) is 0 Å². The zero-order valence-electron chi connectivity index (χ0n) is 23.8. The van der Waals surface area contributed by atoms with E-state index in [0.29, 0.717) is 43.3 Å². The number of aryl methyl sites for hydroxylation is 2. The number of rotatable bonds is 1. The van der Waals surface area contributed by atoms with Crippen molar-refractivity contribution >= 4 is 17.7 Å². The number of likely N-dealkylation sites (N-methyl/N-ethyl adjacent to an activating group) is 1. The number of piperidine rings is 1. The second kappa shape index (κ2) is 12.3. The van der Waals surface area contributed by atoms with Crippen molar-refractivity contribution in [1.29, 1.82) is 0 Å². The van der Waals surface area contributed by atoms with E-state index in [0.717, 1.165) is 42.8 Å². The van der Waals surface area contributed by atoms with E-state index < -0.39 is 6.04 Å². The van der Waals surface area contributed by atoms with Crippen molar-refractivity contribution < 1.29 is 23.9 Å². The van der Waals surface area contributed by atoms with E-state index in [2.05, 4.69) is 15.5 Å². The van der Waals surface area contributed by atoms with E-state index in [1.54, 1.807) is 11.9 Å². The van der Waals surface area contributed by atoms with Crippen LogP contribution < -0.4 is 10.1 Å². The van der Waals surface area contributed by atoms with Crippen molar-refractivity contribution in [3.8, 4) is 11.5 Å². The molecule has 0 aliphatic carbocycles. The zero-order chi connectivity index (χ0) is 29.1. The molecule has 4 bridgehead atoms. The van der Waals surface area contributed by atoms with Crippen LogP contribution in [0.1, 0.15) is 53.3 Å². The smallest absolute Gasteiger partial charge is 0.291 e. The molecule has 11 heteroatoms. The van der Waals surface area contributed by atoms with Gasteiger partial charge in [0.15, 0.2) is 0 Å². The molecule has 1 saturated heterocycles. The molecule has 1 N–H and O–H groups in total. The third-order valence-corrected chi connectivity index (χ3v) is 8.16. The predicted molar refractivity (Wildman–Crippen MR) is 153 cm³/mol. The molecule has 42 heavy (non-hydrogen) atoms. The fraction of sp³-hybridized carbons (Fsp3) is 0.452. The average molecular weight is 573 g/mol. The first kappa shape index (κ1) is 27.9. The number of nitrogens with one attached hydrogen (secondary N) is 1. The van der Waals surface area contributed by atoms with Gasteiger partial charge in [0.1, 0.15) is 17.3 Å². The molecule has 1 fully saturated rings. The highest BCUT2D eigenvalue weighted by atomic mass is 16.5. The Balaban J connectivity index is 1.22. The lowest BCUT2D eigenvalue weighted by Gasteiger charge is -2.38. The second-order valence-corrected chi connectivity index (χ2v) is 11.3. The summed E-state index contributed by atoms with van der Waals surface area (Å²) < 4.78 is 14.4. The van der Waals surface area contributed by atoms with Gasteiger partial charge in [0.25, 0.3) is 5.91 Å². The highest BCUT2D eigenvalue weighted by Crippen LogP contribution is 2.26. The van der Waals surface area contributed by atoms with Gasteiger partial charge in [-0.3, -0.25) is 14.4 Å². The molecule has 0 spiro atoms. The number of likely N-dealkylation sites (tertiary alicyclic amines) is 1. The maximum atomic E-state index is 13.5. The summed E-state index contributed by atoms with van der Waals surface area (Å²) in [5.74, 6) is 1.96. The normalized spacial score (nSPS) is 21.7. The Morgan fingerprint density at radius 3 is 2.57 bits per heavy atom. The number of benzene rings is 2. The number of carbonyl (C=O) groups is 3. The Kier molecular flexibility index (Phi) is 8.18. The molecule has 1 aromatic heterocycles. The minimum absolute atomic E-state index is 0.0844. The molecule has 6 rings (SSSR count). The number of hydrogen-bond acceptors (Lipinski definition) is 7. The van der Waals surface area contributed by atoms with Crippen LogP contribution in [0.25, 0.3) is 0 Å². The Bertz CT molecular complexity index is 1470. The summed E-state index contributed by atoms with van der Waals surface area (Å²) in [6.45, 7) is 1.71. The predicted octanol–water partition coefficient (Wildman–Crippen LogP) is 2.73. The Hall–Kier alpha value is -4.25. The average Bonchev–Trinajstić information content (AvgIpc) is 3.43. The molecule has 0 unspecified atom stereocenters. The summed E-state index contributed by atoms with van der Waals surface area (Å²) in [7, 11) is 1.63. The molecule has 4 heterocycles. The second-order valence-electron chi connectivity index (χ2n) is 11.3. The molecule has 3 aliphatic rings. The molecular weight excluding hydrogens is 536 g/mol. The lowest BCUT2D eigenvalue weighted by atomic mass is 10.0.